The van der Waals surface area contributed by atoms with Crippen molar-refractivity contribution in [3.63, 3.8) is 0 Å². The Kier molecular flexibility index (Phi) is 5.88. The molecular formula is C26H32O3. The molecule has 1 aliphatic carbocycles. The predicted molar refractivity (Wildman–Crippen MR) is 119 cm³/mol. The van der Waals surface area contributed by atoms with E-state index in [9.17, 15) is 4.79 Å². The normalized spacial score (nSPS) is 17.4. The minimum Gasteiger partial charge on any atom is -0.482 e. The fraction of sp³-hybridized carbons (Fsp3) is 0.423. The van der Waals surface area contributed by atoms with E-state index in [0.717, 1.165) is 5.56 Å². The number of fused-ring (bicyclic) bond motifs is 1. The Labute approximate surface area is 174 Å². The third kappa shape index (κ3) is 4.72. The molecule has 0 aliphatic heterocycles. The maximum Gasteiger partial charge on any atom is 0.343 e. The van der Waals surface area contributed by atoms with Gasteiger partial charge in [-0.05, 0) is 70.6 Å². The zero-order chi connectivity index (χ0) is 21.2. The van der Waals surface area contributed by atoms with Gasteiger partial charge < -0.3 is 9.47 Å². The first kappa shape index (κ1) is 21.2. The second-order valence-electron chi connectivity index (χ2n) is 9.29. The molecule has 0 amide bonds. The molecule has 2 aromatic carbocycles. The Balaban J connectivity index is 1.82. The molecule has 0 atom stereocenters. The van der Waals surface area contributed by atoms with Gasteiger partial charge in [-0.3, -0.25) is 0 Å². The fourth-order valence-electron chi connectivity index (χ4n) is 4.03. The number of hydrogen-bond donors (Lipinski definition) is 0. The van der Waals surface area contributed by atoms with Gasteiger partial charge in [-0.15, -0.1) is 0 Å². The third-order valence-electron chi connectivity index (χ3n) is 6.16. The molecule has 154 valence electrons. The van der Waals surface area contributed by atoms with Gasteiger partial charge in [-0.2, -0.15) is 0 Å². The van der Waals surface area contributed by atoms with Crippen molar-refractivity contribution in [2.75, 3.05) is 13.7 Å². The lowest BCUT2D eigenvalue weighted by atomic mass is 9.63. The highest BCUT2D eigenvalue weighted by Gasteiger charge is 2.36. The molecule has 3 rings (SSSR count). The van der Waals surface area contributed by atoms with Crippen molar-refractivity contribution < 1.29 is 14.3 Å². The summed E-state index contributed by atoms with van der Waals surface area (Å²) in [4.78, 5) is 11.2. The van der Waals surface area contributed by atoms with Gasteiger partial charge in [-0.25, -0.2) is 4.79 Å². The number of ether oxygens (including phenoxy) is 2. The second-order valence-corrected chi connectivity index (χ2v) is 9.29. The topological polar surface area (TPSA) is 35.5 Å². The van der Waals surface area contributed by atoms with Gasteiger partial charge in [0.1, 0.15) is 5.75 Å². The maximum absolute atomic E-state index is 11.2. The molecule has 0 saturated heterocycles. The molecule has 0 spiro atoms. The van der Waals surface area contributed by atoms with Crippen LogP contribution < -0.4 is 4.74 Å². The van der Waals surface area contributed by atoms with Crippen molar-refractivity contribution in [1.82, 2.24) is 0 Å². The summed E-state index contributed by atoms with van der Waals surface area (Å²) in [6, 6.07) is 14.7. The van der Waals surface area contributed by atoms with Gasteiger partial charge in [0.2, 0.25) is 0 Å². The summed E-state index contributed by atoms with van der Waals surface area (Å²) < 4.78 is 10.0. The van der Waals surface area contributed by atoms with Crippen LogP contribution in [-0.4, -0.2) is 19.7 Å². The summed E-state index contributed by atoms with van der Waals surface area (Å²) in [5.74, 6) is 0.270. The quantitative estimate of drug-likeness (QED) is 0.452. The number of allylic oxidation sites excluding steroid dienone is 1. The van der Waals surface area contributed by atoms with Crippen LogP contribution >= 0.6 is 0 Å². The van der Waals surface area contributed by atoms with Crippen LogP contribution in [0.1, 0.15) is 69.7 Å². The fourth-order valence-corrected chi connectivity index (χ4v) is 4.03. The standard InChI is InChI=1S/C26H32O3/c1-18(15-19-7-10-21(11-8-19)29-17-24(27)28-6)20-9-12-22-23(16-20)26(4,5)14-13-25(22,2)3/h7-12,15-16H,13-14,17H2,1-6H3/b18-15+. The largest absolute Gasteiger partial charge is 0.482 e. The number of carbonyl (C=O) groups excluding carboxylic acids is 1. The van der Waals surface area contributed by atoms with E-state index >= 15 is 0 Å². The molecule has 1 aliphatic rings. The van der Waals surface area contributed by atoms with Crippen molar-refractivity contribution in [2.45, 2.75) is 58.3 Å². The van der Waals surface area contributed by atoms with Crippen LogP contribution in [0.2, 0.25) is 0 Å². The van der Waals surface area contributed by atoms with Crippen LogP contribution in [0, 0.1) is 0 Å². The number of carbonyl (C=O) groups is 1. The highest BCUT2D eigenvalue weighted by Crippen LogP contribution is 2.46. The van der Waals surface area contributed by atoms with Crippen molar-refractivity contribution in [3.05, 3.63) is 64.7 Å². The average molecular weight is 393 g/mol. The lowest BCUT2D eigenvalue weighted by molar-refractivity contribution is -0.142. The van der Waals surface area contributed by atoms with Crippen molar-refractivity contribution in [2.24, 2.45) is 0 Å². The predicted octanol–water partition coefficient (Wildman–Crippen LogP) is 6.15. The van der Waals surface area contributed by atoms with E-state index in [-0.39, 0.29) is 23.4 Å². The molecule has 0 bridgehead atoms. The number of methoxy groups -OCH3 is 1. The number of esters is 1. The van der Waals surface area contributed by atoms with Crippen molar-refractivity contribution >= 4 is 17.6 Å². The molecule has 0 radical (unpaired) electrons. The summed E-state index contributed by atoms with van der Waals surface area (Å²) >= 11 is 0. The molecular weight excluding hydrogens is 360 g/mol. The number of benzene rings is 2. The summed E-state index contributed by atoms with van der Waals surface area (Å²) in [5.41, 5.74) is 7.00. The zero-order valence-corrected chi connectivity index (χ0v) is 18.5. The van der Waals surface area contributed by atoms with Crippen LogP contribution in [0.25, 0.3) is 11.6 Å². The molecule has 2 aromatic rings. The molecule has 3 nitrogen and oxygen atoms in total. The van der Waals surface area contributed by atoms with Crippen LogP contribution in [0.5, 0.6) is 5.75 Å². The average Bonchev–Trinajstić information content (AvgIpc) is 2.70. The van der Waals surface area contributed by atoms with E-state index in [1.807, 2.05) is 24.3 Å². The molecule has 0 unspecified atom stereocenters. The Morgan fingerprint density at radius 2 is 1.59 bits per heavy atom. The molecule has 0 heterocycles. The SMILES string of the molecule is COC(=O)COc1ccc(/C=C(\C)c2ccc3c(c2)C(C)(C)CCC3(C)C)cc1. The first-order chi connectivity index (χ1) is 13.6. The first-order valence-electron chi connectivity index (χ1n) is 10.3. The summed E-state index contributed by atoms with van der Waals surface area (Å²) in [5, 5.41) is 0. The molecule has 0 saturated carbocycles. The zero-order valence-electron chi connectivity index (χ0n) is 18.5. The van der Waals surface area contributed by atoms with E-state index in [1.54, 1.807) is 0 Å². The van der Waals surface area contributed by atoms with E-state index in [1.165, 1.54) is 42.2 Å². The smallest absolute Gasteiger partial charge is 0.343 e. The van der Waals surface area contributed by atoms with E-state index in [2.05, 4.69) is 63.6 Å². The second kappa shape index (κ2) is 8.06. The minimum atomic E-state index is -0.386. The van der Waals surface area contributed by atoms with Gasteiger partial charge in [-0.1, -0.05) is 64.1 Å². The maximum atomic E-state index is 11.2. The molecule has 29 heavy (non-hydrogen) atoms. The number of rotatable bonds is 5. The molecule has 3 heteroatoms. The van der Waals surface area contributed by atoms with Crippen LogP contribution in [0.15, 0.2) is 42.5 Å². The Hall–Kier alpha value is -2.55. The Morgan fingerprint density at radius 1 is 0.966 bits per heavy atom. The van der Waals surface area contributed by atoms with E-state index in [0.29, 0.717) is 5.75 Å². The molecule has 0 N–H and O–H groups in total. The lowest BCUT2D eigenvalue weighted by Gasteiger charge is -2.42. The summed E-state index contributed by atoms with van der Waals surface area (Å²) in [6.45, 7) is 11.5. The van der Waals surface area contributed by atoms with Gasteiger partial charge in [0.25, 0.3) is 0 Å². The van der Waals surface area contributed by atoms with Crippen molar-refractivity contribution in [1.29, 1.82) is 0 Å². The van der Waals surface area contributed by atoms with Gasteiger partial charge in [0.15, 0.2) is 6.61 Å². The highest BCUT2D eigenvalue weighted by atomic mass is 16.6. The Morgan fingerprint density at radius 3 is 2.21 bits per heavy atom. The molecule has 0 aromatic heterocycles. The van der Waals surface area contributed by atoms with Gasteiger partial charge in [0.05, 0.1) is 7.11 Å². The highest BCUT2D eigenvalue weighted by molar-refractivity contribution is 5.81. The number of hydrogen-bond acceptors (Lipinski definition) is 3. The lowest BCUT2D eigenvalue weighted by Crippen LogP contribution is -2.33. The van der Waals surface area contributed by atoms with Crippen LogP contribution in [-0.2, 0) is 20.4 Å². The van der Waals surface area contributed by atoms with Gasteiger partial charge >= 0.3 is 5.97 Å². The van der Waals surface area contributed by atoms with Crippen molar-refractivity contribution in [3.8, 4) is 5.75 Å². The van der Waals surface area contributed by atoms with E-state index in [4.69, 9.17) is 4.74 Å². The Bertz CT molecular complexity index is 917. The minimum absolute atomic E-state index is 0.0774. The third-order valence-corrected chi connectivity index (χ3v) is 6.16. The van der Waals surface area contributed by atoms with E-state index < -0.39 is 0 Å². The first-order valence-corrected chi connectivity index (χ1v) is 10.3. The van der Waals surface area contributed by atoms with Crippen LogP contribution in [0.3, 0.4) is 0 Å². The molecule has 0 fully saturated rings. The summed E-state index contributed by atoms with van der Waals surface area (Å²) in [7, 11) is 1.35. The van der Waals surface area contributed by atoms with Crippen LogP contribution in [0.4, 0.5) is 0 Å². The monoisotopic (exact) mass is 392 g/mol. The van der Waals surface area contributed by atoms with Gasteiger partial charge in [0, 0.05) is 0 Å². The summed E-state index contributed by atoms with van der Waals surface area (Å²) in [6.07, 6.45) is 4.63.